The molecule has 3 heteroatoms. The molecule has 0 radical (unpaired) electrons. The van der Waals surface area contributed by atoms with Crippen molar-refractivity contribution in [3.8, 4) is 0 Å². The molecule has 1 aromatic rings. The Balaban J connectivity index is 2.45. The molecule has 0 heterocycles. The highest BCUT2D eigenvalue weighted by Crippen LogP contribution is 2.20. The van der Waals surface area contributed by atoms with Crippen molar-refractivity contribution in [2.24, 2.45) is 0 Å². The molecule has 0 aliphatic carbocycles. The minimum Gasteiger partial charge on any atom is -0.356 e. The highest BCUT2D eigenvalue weighted by atomic mass is 16.1. The summed E-state index contributed by atoms with van der Waals surface area (Å²) < 4.78 is 0.859. The van der Waals surface area contributed by atoms with Gasteiger partial charge in [-0.2, -0.15) is 0 Å². The van der Waals surface area contributed by atoms with Crippen molar-refractivity contribution in [3.05, 3.63) is 36.4 Å². The highest BCUT2D eigenvalue weighted by Gasteiger charge is 2.17. The zero-order chi connectivity index (χ0) is 14.3. The molecule has 0 spiro atoms. The summed E-state index contributed by atoms with van der Waals surface area (Å²) in [7, 11) is 4.42. The van der Waals surface area contributed by atoms with E-state index in [0.717, 1.165) is 36.0 Å². The second-order valence-electron chi connectivity index (χ2n) is 5.39. The van der Waals surface area contributed by atoms with Crippen LogP contribution in [0, 0.1) is 0 Å². The molecule has 19 heavy (non-hydrogen) atoms. The van der Waals surface area contributed by atoms with Crippen LogP contribution in [0.2, 0.25) is 0 Å². The Morgan fingerprint density at radius 3 is 2.42 bits per heavy atom. The van der Waals surface area contributed by atoms with Crippen molar-refractivity contribution in [1.29, 1.82) is 0 Å². The topological polar surface area (TPSA) is 29.1 Å². The van der Waals surface area contributed by atoms with E-state index in [-0.39, 0.29) is 5.91 Å². The van der Waals surface area contributed by atoms with Crippen LogP contribution in [0.5, 0.6) is 0 Å². The minimum absolute atomic E-state index is 0.0498. The second kappa shape index (κ2) is 7.10. The second-order valence-corrected chi connectivity index (χ2v) is 5.39. The van der Waals surface area contributed by atoms with Gasteiger partial charge in [-0.15, -0.1) is 0 Å². The molecule has 0 saturated carbocycles. The predicted octanol–water partition coefficient (Wildman–Crippen LogP) is 2.81. The van der Waals surface area contributed by atoms with Gasteiger partial charge in [-0.3, -0.25) is 9.28 Å². The largest absolute Gasteiger partial charge is 0.356 e. The quantitative estimate of drug-likeness (QED) is 0.593. The van der Waals surface area contributed by atoms with Gasteiger partial charge in [0.15, 0.2) is 0 Å². The monoisotopic (exact) mass is 261 g/mol. The average molecular weight is 261 g/mol. The third-order valence-corrected chi connectivity index (χ3v) is 3.35. The number of amides is 1. The van der Waals surface area contributed by atoms with E-state index < -0.39 is 0 Å². The molecule has 0 aromatic heterocycles. The Hall–Kier alpha value is -1.61. The maximum Gasteiger partial charge on any atom is 0.216 e. The van der Waals surface area contributed by atoms with Crippen LogP contribution < -0.4 is 9.80 Å². The normalized spacial score (nSPS) is 11.1. The van der Waals surface area contributed by atoms with Gasteiger partial charge in [0.05, 0.1) is 20.6 Å². The summed E-state index contributed by atoms with van der Waals surface area (Å²) in [5, 5.41) is 2.83. The zero-order valence-electron chi connectivity index (χ0n) is 12.3. The molecule has 1 amide bonds. The van der Waals surface area contributed by atoms with Gasteiger partial charge in [-0.1, -0.05) is 12.7 Å². The number of carbonyl (C=O) groups excluding carboxylic acids is 1. The number of rotatable bonds is 7. The van der Waals surface area contributed by atoms with Crippen LogP contribution in [0.1, 0.15) is 25.3 Å². The highest BCUT2D eigenvalue weighted by molar-refractivity contribution is 5.72. The van der Waals surface area contributed by atoms with Gasteiger partial charge in [0, 0.05) is 13.5 Å². The number of unbranched alkanes of at least 4 members (excludes halogenated alkanes) is 1. The van der Waals surface area contributed by atoms with Crippen molar-refractivity contribution in [2.45, 2.75) is 19.8 Å². The third kappa shape index (κ3) is 5.26. The average Bonchev–Trinajstić information content (AvgIpc) is 2.38. The fraction of sp³-hybridized carbons (Fsp3) is 0.438. The molecule has 3 nitrogen and oxygen atoms in total. The number of hydrogen-bond donors (Lipinski definition) is 1. The first-order valence-corrected chi connectivity index (χ1v) is 6.76. The van der Waals surface area contributed by atoms with Crippen LogP contribution in [0.3, 0.4) is 0 Å². The van der Waals surface area contributed by atoms with Crippen molar-refractivity contribution in [2.75, 3.05) is 27.2 Å². The fourth-order valence-corrected chi connectivity index (χ4v) is 2.04. The molecule has 0 unspecified atom stereocenters. The molecule has 0 aliphatic heterocycles. The van der Waals surface area contributed by atoms with Crippen molar-refractivity contribution < 1.29 is 4.79 Å². The van der Waals surface area contributed by atoms with Crippen LogP contribution in [-0.2, 0) is 4.79 Å². The van der Waals surface area contributed by atoms with Gasteiger partial charge < -0.3 is 5.32 Å². The van der Waals surface area contributed by atoms with Crippen LogP contribution in [0.4, 0.5) is 5.69 Å². The Morgan fingerprint density at radius 2 is 1.89 bits per heavy atom. The minimum atomic E-state index is 0.0498. The van der Waals surface area contributed by atoms with Crippen LogP contribution >= 0.6 is 0 Å². The number of nitrogens with zero attached hydrogens (tertiary/aromatic N) is 1. The van der Waals surface area contributed by atoms with E-state index in [0.29, 0.717) is 0 Å². The zero-order valence-corrected chi connectivity index (χ0v) is 12.3. The lowest BCUT2D eigenvalue weighted by Gasteiger charge is -2.29. The van der Waals surface area contributed by atoms with Gasteiger partial charge in [-0.05, 0) is 42.7 Å². The van der Waals surface area contributed by atoms with E-state index in [1.165, 1.54) is 5.69 Å². The van der Waals surface area contributed by atoms with E-state index in [4.69, 9.17) is 0 Å². The summed E-state index contributed by atoms with van der Waals surface area (Å²) in [6.45, 7) is 7.16. The number of nitrogens with one attached hydrogen (secondary N) is 1. The van der Waals surface area contributed by atoms with Crippen LogP contribution in [0.15, 0.2) is 30.8 Å². The molecule has 0 atom stereocenters. The standard InChI is InChI=1S/C16H24N2O/c1-5-15-8-10-16(11-9-15)18(3,4)13-7-6-12-17-14(2)19/h5,8-11H,1,6-7,12-13H2,2-4H3/p+1. The molecule has 1 aromatic carbocycles. The molecule has 0 saturated heterocycles. The van der Waals surface area contributed by atoms with Gasteiger partial charge in [0.25, 0.3) is 0 Å². The smallest absolute Gasteiger partial charge is 0.216 e. The lowest BCUT2D eigenvalue weighted by molar-refractivity contribution is -0.118. The maximum absolute atomic E-state index is 10.8. The fourth-order valence-electron chi connectivity index (χ4n) is 2.04. The Morgan fingerprint density at radius 1 is 1.26 bits per heavy atom. The Bertz CT molecular complexity index is 421. The summed E-state index contributed by atoms with van der Waals surface area (Å²) in [6, 6.07) is 8.51. The van der Waals surface area contributed by atoms with E-state index in [2.05, 4.69) is 50.3 Å². The number of benzene rings is 1. The summed E-state index contributed by atoms with van der Waals surface area (Å²) in [5.41, 5.74) is 2.44. The molecule has 1 rings (SSSR count). The lowest BCUT2D eigenvalue weighted by atomic mass is 10.1. The SMILES string of the molecule is C=Cc1ccc([N+](C)(C)CCCCNC(C)=O)cc1. The van der Waals surface area contributed by atoms with Gasteiger partial charge in [-0.25, -0.2) is 0 Å². The Labute approximate surface area is 116 Å². The van der Waals surface area contributed by atoms with Crippen molar-refractivity contribution >= 4 is 17.7 Å². The Kier molecular flexibility index (Phi) is 5.77. The molecular formula is C16H25N2O+. The van der Waals surface area contributed by atoms with Crippen LogP contribution in [-0.4, -0.2) is 33.1 Å². The van der Waals surface area contributed by atoms with Crippen molar-refractivity contribution in [3.63, 3.8) is 0 Å². The number of quaternary nitrogens is 1. The summed E-state index contributed by atoms with van der Waals surface area (Å²) >= 11 is 0. The van der Waals surface area contributed by atoms with E-state index in [1.807, 2.05) is 6.08 Å². The van der Waals surface area contributed by atoms with E-state index in [9.17, 15) is 4.79 Å². The molecule has 0 aliphatic rings. The van der Waals surface area contributed by atoms with Crippen LogP contribution in [0.25, 0.3) is 6.08 Å². The third-order valence-electron chi connectivity index (χ3n) is 3.35. The maximum atomic E-state index is 10.8. The molecule has 0 bridgehead atoms. The molecule has 104 valence electrons. The van der Waals surface area contributed by atoms with Crippen molar-refractivity contribution in [1.82, 2.24) is 9.80 Å². The summed E-state index contributed by atoms with van der Waals surface area (Å²) in [4.78, 5) is 10.8. The predicted molar refractivity (Wildman–Crippen MR) is 83.0 cm³/mol. The molecule has 0 fully saturated rings. The van der Waals surface area contributed by atoms with E-state index >= 15 is 0 Å². The first-order chi connectivity index (χ1) is 8.95. The summed E-state index contributed by atoms with van der Waals surface area (Å²) in [5.74, 6) is 0.0498. The number of hydrogen-bond acceptors (Lipinski definition) is 1. The van der Waals surface area contributed by atoms with Gasteiger partial charge in [0.2, 0.25) is 5.91 Å². The van der Waals surface area contributed by atoms with Gasteiger partial charge >= 0.3 is 0 Å². The number of carbonyl (C=O) groups is 1. The molecule has 1 N–H and O–H groups in total. The molecular weight excluding hydrogens is 236 g/mol. The first kappa shape index (κ1) is 15.4. The van der Waals surface area contributed by atoms with Gasteiger partial charge in [0.1, 0.15) is 5.69 Å². The first-order valence-electron chi connectivity index (χ1n) is 6.76. The lowest BCUT2D eigenvalue weighted by Crippen LogP contribution is -2.41. The summed E-state index contributed by atoms with van der Waals surface area (Å²) in [6.07, 6.45) is 3.97. The van der Waals surface area contributed by atoms with E-state index in [1.54, 1.807) is 6.92 Å².